The third kappa shape index (κ3) is 6.02. The van der Waals surface area contributed by atoms with E-state index in [0.717, 1.165) is 16.8 Å². The van der Waals surface area contributed by atoms with Crippen molar-refractivity contribution >= 4 is 80.8 Å². The van der Waals surface area contributed by atoms with E-state index in [0.29, 0.717) is 36.5 Å². The monoisotopic (exact) mass is 558 g/mol. The lowest BCUT2D eigenvalue weighted by Gasteiger charge is -2.14. The maximum absolute atomic E-state index is 13.0. The number of methoxy groups -OCH3 is 1. The van der Waals surface area contributed by atoms with Gasteiger partial charge >= 0.3 is 0 Å². The number of carbonyl (C=O) groups excluding carboxylic acids is 2. The molecule has 0 aliphatic carbocycles. The second kappa shape index (κ2) is 11.3. The lowest BCUT2D eigenvalue weighted by molar-refractivity contribution is -0.118. The van der Waals surface area contributed by atoms with Crippen LogP contribution in [0.5, 0.6) is 11.5 Å². The highest BCUT2D eigenvalue weighted by Gasteiger charge is 2.33. The number of thiocarbonyl (C=S) groups is 1. The predicted octanol–water partition coefficient (Wildman–Crippen LogP) is 6.73. The van der Waals surface area contributed by atoms with Crippen molar-refractivity contribution in [3.63, 3.8) is 0 Å². The second-order valence-electron chi connectivity index (χ2n) is 7.72. The van der Waals surface area contributed by atoms with E-state index < -0.39 is 5.91 Å². The Morgan fingerprint density at radius 3 is 2.53 bits per heavy atom. The summed E-state index contributed by atoms with van der Waals surface area (Å²) in [6, 6.07) is 17.6. The molecule has 0 aromatic heterocycles. The molecule has 0 radical (unpaired) electrons. The molecule has 0 spiro atoms. The molecule has 36 heavy (non-hydrogen) atoms. The molecule has 4 rings (SSSR count). The zero-order chi connectivity index (χ0) is 25.8. The summed E-state index contributed by atoms with van der Waals surface area (Å²) in [4.78, 5) is 27.4. The molecule has 1 saturated heterocycles. The number of carbonyl (C=O) groups is 2. The highest BCUT2D eigenvalue weighted by molar-refractivity contribution is 8.27. The van der Waals surface area contributed by atoms with Gasteiger partial charge in [-0.3, -0.25) is 14.5 Å². The van der Waals surface area contributed by atoms with Crippen LogP contribution in [0.3, 0.4) is 0 Å². The van der Waals surface area contributed by atoms with Crippen LogP contribution in [0, 0.1) is 6.92 Å². The number of amides is 2. The molecule has 1 N–H and O–H groups in total. The lowest BCUT2D eigenvalue weighted by atomic mass is 10.1. The fourth-order valence-electron chi connectivity index (χ4n) is 3.35. The Labute approximate surface area is 228 Å². The van der Waals surface area contributed by atoms with Gasteiger partial charge in [0.05, 0.1) is 28.4 Å². The highest BCUT2D eigenvalue weighted by Crippen LogP contribution is 2.37. The minimum Gasteiger partial charge on any atom is -0.493 e. The third-order valence-corrected chi connectivity index (χ3v) is 6.99. The van der Waals surface area contributed by atoms with E-state index in [1.807, 2.05) is 31.2 Å². The molecule has 3 aromatic carbocycles. The Morgan fingerprint density at radius 1 is 1.08 bits per heavy atom. The standard InChI is InChI=1S/C26H20Cl2N2O4S2/c1-15-3-7-18(8-4-15)30-25(32)23(36-26(30)35)12-16-5-10-21(22(11-16)33-2)34-14-24(31)29-20-9-6-17(27)13-19(20)28/h3-13H,14H2,1-2H3,(H,29,31)/b23-12-. The fraction of sp³-hybridized carbons (Fsp3) is 0.115. The predicted molar refractivity (Wildman–Crippen MR) is 150 cm³/mol. The van der Waals surface area contributed by atoms with Crippen LogP contribution in [0.15, 0.2) is 65.6 Å². The van der Waals surface area contributed by atoms with Crippen LogP contribution in [0.25, 0.3) is 6.08 Å². The Morgan fingerprint density at radius 2 is 1.83 bits per heavy atom. The molecular weight excluding hydrogens is 539 g/mol. The summed E-state index contributed by atoms with van der Waals surface area (Å²) in [6.45, 7) is 1.72. The first-order chi connectivity index (χ1) is 17.2. The number of anilines is 2. The van der Waals surface area contributed by atoms with Crippen LogP contribution >= 0.6 is 47.2 Å². The molecule has 1 heterocycles. The number of thioether (sulfide) groups is 1. The van der Waals surface area contributed by atoms with Gasteiger partial charge < -0.3 is 14.8 Å². The molecule has 1 fully saturated rings. The van der Waals surface area contributed by atoms with Crippen LogP contribution in [0.4, 0.5) is 11.4 Å². The number of benzene rings is 3. The average molecular weight is 559 g/mol. The smallest absolute Gasteiger partial charge is 0.270 e. The lowest BCUT2D eigenvalue weighted by Crippen LogP contribution is -2.27. The van der Waals surface area contributed by atoms with Crippen molar-refractivity contribution in [3.05, 3.63) is 86.7 Å². The maximum atomic E-state index is 13.0. The summed E-state index contributed by atoms with van der Waals surface area (Å²) < 4.78 is 11.5. The number of hydrogen-bond donors (Lipinski definition) is 1. The van der Waals surface area contributed by atoms with E-state index in [-0.39, 0.29) is 12.5 Å². The number of nitrogens with one attached hydrogen (secondary N) is 1. The van der Waals surface area contributed by atoms with Gasteiger partial charge in [-0.25, -0.2) is 0 Å². The summed E-state index contributed by atoms with van der Waals surface area (Å²) in [5.41, 5.74) is 2.98. The number of ether oxygens (including phenoxy) is 2. The largest absolute Gasteiger partial charge is 0.493 e. The van der Waals surface area contributed by atoms with E-state index in [1.54, 1.807) is 36.4 Å². The minimum absolute atomic E-state index is 0.189. The molecule has 1 aliphatic heterocycles. The molecule has 0 bridgehead atoms. The number of rotatable bonds is 7. The maximum Gasteiger partial charge on any atom is 0.270 e. The first-order valence-corrected chi connectivity index (χ1v) is 12.6. The van der Waals surface area contributed by atoms with Gasteiger partial charge in [0, 0.05) is 5.02 Å². The summed E-state index contributed by atoms with van der Waals surface area (Å²) in [5.74, 6) is 0.199. The summed E-state index contributed by atoms with van der Waals surface area (Å²) in [7, 11) is 1.50. The van der Waals surface area contributed by atoms with Crippen molar-refractivity contribution < 1.29 is 19.1 Å². The molecule has 3 aromatic rings. The molecule has 0 saturated carbocycles. The zero-order valence-electron chi connectivity index (χ0n) is 19.2. The van der Waals surface area contributed by atoms with Gasteiger partial charge in [0.25, 0.3) is 11.8 Å². The number of halogens is 2. The van der Waals surface area contributed by atoms with E-state index in [1.165, 1.54) is 29.8 Å². The Hall–Kier alpha value is -3.04. The minimum atomic E-state index is -0.398. The fourth-order valence-corrected chi connectivity index (χ4v) is 5.10. The van der Waals surface area contributed by atoms with Crippen LogP contribution in [0.2, 0.25) is 10.0 Å². The molecule has 0 atom stereocenters. The Balaban J connectivity index is 1.45. The van der Waals surface area contributed by atoms with Crippen molar-refractivity contribution in [2.75, 3.05) is 23.9 Å². The Kier molecular flexibility index (Phi) is 8.21. The molecular formula is C26H20Cl2N2O4S2. The quantitative estimate of drug-likeness (QED) is 0.256. The first kappa shape index (κ1) is 26.0. The van der Waals surface area contributed by atoms with E-state index in [4.69, 9.17) is 44.9 Å². The van der Waals surface area contributed by atoms with Gasteiger partial charge in [-0.1, -0.05) is 70.9 Å². The van der Waals surface area contributed by atoms with Gasteiger partial charge in [-0.2, -0.15) is 0 Å². The van der Waals surface area contributed by atoms with Crippen molar-refractivity contribution in [1.82, 2.24) is 0 Å². The molecule has 1 aliphatic rings. The first-order valence-electron chi connectivity index (χ1n) is 10.7. The van der Waals surface area contributed by atoms with Gasteiger partial charge in [0.2, 0.25) is 0 Å². The number of nitrogens with zero attached hydrogens (tertiary/aromatic N) is 1. The second-order valence-corrected chi connectivity index (χ2v) is 10.2. The van der Waals surface area contributed by atoms with Gasteiger partial charge in [0.1, 0.15) is 0 Å². The molecule has 2 amide bonds. The normalized spacial score (nSPS) is 14.3. The van der Waals surface area contributed by atoms with Crippen molar-refractivity contribution in [2.24, 2.45) is 0 Å². The summed E-state index contributed by atoms with van der Waals surface area (Å²) in [5, 5.41) is 3.47. The highest BCUT2D eigenvalue weighted by atomic mass is 35.5. The molecule has 6 nitrogen and oxygen atoms in total. The summed E-state index contributed by atoms with van der Waals surface area (Å²) in [6.07, 6.45) is 1.75. The SMILES string of the molecule is COc1cc(/C=C2\SC(=S)N(c3ccc(C)cc3)C2=O)ccc1OCC(=O)Nc1ccc(Cl)cc1Cl. The van der Waals surface area contributed by atoms with E-state index in [2.05, 4.69) is 5.32 Å². The van der Waals surface area contributed by atoms with Crippen molar-refractivity contribution in [1.29, 1.82) is 0 Å². The zero-order valence-corrected chi connectivity index (χ0v) is 22.4. The van der Waals surface area contributed by atoms with E-state index >= 15 is 0 Å². The summed E-state index contributed by atoms with van der Waals surface area (Å²) >= 11 is 18.7. The molecule has 0 unspecified atom stereocenters. The van der Waals surface area contributed by atoms with Crippen LogP contribution in [-0.4, -0.2) is 29.9 Å². The average Bonchev–Trinajstić information content (AvgIpc) is 3.13. The topological polar surface area (TPSA) is 67.9 Å². The Bertz CT molecular complexity index is 1380. The van der Waals surface area contributed by atoms with Crippen LogP contribution in [-0.2, 0) is 9.59 Å². The van der Waals surface area contributed by atoms with Gasteiger partial charge in [0.15, 0.2) is 22.4 Å². The number of aryl methyl sites for hydroxylation is 1. The molecule has 184 valence electrons. The molecule has 10 heteroatoms. The van der Waals surface area contributed by atoms with E-state index in [9.17, 15) is 9.59 Å². The van der Waals surface area contributed by atoms with Gasteiger partial charge in [-0.05, 0) is 61.0 Å². The van der Waals surface area contributed by atoms with Crippen LogP contribution < -0.4 is 19.7 Å². The van der Waals surface area contributed by atoms with Crippen molar-refractivity contribution in [3.8, 4) is 11.5 Å². The number of hydrogen-bond acceptors (Lipinski definition) is 6. The van der Waals surface area contributed by atoms with Gasteiger partial charge in [-0.15, -0.1) is 0 Å². The van der Waals surface area contributed by atoms with Crippen molar-refractivity contribution in [2.45, 2.75) is 6.92 Å². The third-order valence-electron chi connectivity index (χ3n) is 5.14. The van der Waals surface area contributed by atoms with Crippen LogP contribution in [0.1, 0.15) is 11.1 Å².